The summed E-state index contributed by atoms with van der Waals surface area (Å²) in [5, 5.41) is 6.79. The number of nitrogens with one attached hydrogen (secondary N) is 2. The third-order valence-electron chi connectivity index (χ3n) is 4.55. The van der Waals surface area contributed by atoms with Crippen molar-refractivity contribution < 1.29 is 4.79 Å². The molecule has 3 atom stereocenters. The molecule has 0 aromatic rings. The molecule has 0 aromatic carbocycles. The molecule has 0 aromatic heterocycles. The van der Waals surface area contributed by atoms with E-state index in [4.69, 9.17) is 0 Å². The average molecular weight is 222 g/mol. The van der Waals surface area contributed by atoms with Crippen molar-refractivity contribution in [3.8, 4) is 0 Å². The molecular formula is C13H22N2O. The summed E-state index contributed by atoms with van der Waals surface area (Å²) in [6.45, 7) is 2.30. The Hall–Kier alpha value is -0.570. The van der Waals surface area contributed by atoms with E-state index >= 15 is 0 Å². The van der Waals surface area contributed by atoms with Crippen LogP contribution < -0.4 is 10.6 Å². The molecule has 90 valence electrons. The van der Waals surface area contributed by atoms with Gasteiger partial charge in [0.15, 0.2) is 0 Å². The molecule has 2 aliphatic carbocycles. The molecule has 3 aliphatic rings. The first kappa shape index (κ1) is 10.6. The quantitative estimate of drug-likeness (QED) is 0.739. The summed E-state index contributed by atoms with van der Waals surface area (Å²) in [5.74, 6) is 2.26. The minimum atomic E-state index is 0.337. The van der Waals surface area contributed by atoms with Gasteiger partial charge < -0.3 is 10.6 Å². The first-order valence-corrected chi connectivity index (χ1v) is 6.85. The Morgan fingerprint density at radius 3 is 2.81 bits per heavy atom. The molecule has 16 heavy (non-hydrogen) atoms. The predicted octanol–water partition coefficient (Wildman–Crippen LogP) is 1.29. The van der Waals surface area contributed by atoms with Crippen molar-refractivity contribution in [1.82, 2.24) is 10.6 Å². The highest BCUT2D eigenvalue weighted by Gasteiger charge is 2.38. The average Bonchev–Trinajstić information content (AvgIpc) is 3.13. The Morgan fingerprint density at radius 1 is 1.12 bits per heavy atom. The summed E-state index contributed by atoms with van der Waals surface area (Å²) in [4.78, 5) is 11.8. The maximum absolute atomic E-state index is 11.8. The molecule has 3 unspecified atom stereocenters. The fourth-order valence-corrected chi connectivity index (χ4v) is 3.43. The second-order valence-corrected chi connectivity index (χ2v) is 5.74. The maximum atomic E-state index is 11.8. The van der Waals surface area contributed by atoms with Gasteiger partial charge in [-0.2, -0.15) is 0 Å². The number of rotatable bonds is 2. The first-order valence-electron chi connectivity index (χ1n) is 6.85. The maximum Gasteiger partial charge on any atom is 0.223 e. The van der Waals surface area contributed by atoms with E-state index in [1.807, 2.05) is 0 Å². The van der Waals surface area contributed by atoms with Crippen LogP contribution in [0, 0.1) is 17.8 Å². The lowest BCUT2D eigenvalue weighted by Crippen LogP contribution is -2.51. The van der Waals surface area contributed by atoms with E-state index in [1.165, 1.54) is 32.2 Å². The summed E-state index contributed by atoms with van der Waals surface area (Å²) in [5.41, 5.74) is 0. The number of amides is 1. The molecule has 1 saturated heterocycles. The zero-order valence-corrected chi connectivity index (χ0v) is 9.87. The number of hydrogen-bond donors (Lipinski definition) is 2. The molecule has 3 heteroatoms. The van der Waals surface area contributed by atoms with Gasteiger partial charge in [0.25, 0.3) is 0 Å². The topological polar surface area (TPSA) is 41.1 Å². The second-order valence-electron chi connectivity index (χ2n) is 5.74. The van der Waals surface area contributed by atoms with Gasteiger partial charge in [-0.25, -0.2) is 0 Å². The van der Waals surface area contributed by atoms with Crippen LogP contribution >= 0.6 is 0 Å². The number of fused-ring (bicyclic) bond motifs is 1. The highest BCUT2D eigenvalue weighted by atomic mass is 16.2. The van der Waals surface area contributed by atoms with Crippen LogP contribution in [0.25, 0.3) is 0 Å². The van der Waals surface area contributed by atoms with Crippen LogP contribution in [0.15, 0.2) is 0 Å². The van der Waals surface area contributed by atoms with E-state index in [0.717, 1.165) is 31.2 Å². The van der Waals surface area contributed by atoms with Gasteiger partial charge in [0, 0.05) is 12.0 Å². The number of carbonyl (C=O) groups is 1. The van der Waals surface area contributed by atoms with Gasteiger partial charge in [-0.15, -0.1) is 0 Å². The summed E-state index contributed by atoms with van der Waals surface area (Å²) in [7, 11) is 0. The molecule has 3 nitrogen and oxygen atoms in total. The Labute approximate surface area is 97.4 Å². The standard InChI is InChI=1S/C13H22N2O/c16-13(9-4-5-9)15-12-3-1-2-10-8-14-7-6-11(10)12/h9-12,14H,1-8H2,(H,15,16). The minimum Gasteiger partial charge on any atom is -0.353 e. The van der Waals surface area contributed by atoms with Crippen LogP contribution in [0.5, 0.6) is 0 Å². The first-order chi connectivity index (χ1) is 7.84. The van der Waals surface area contributed by atoms with Crippen molar-refractivity contribution in [1.29, 1.82) is 0 Å². The van der Waals surface area contributed by atoms with E-state index in [0.29, 0.717) is 17.9 Å². The Morgan fingerprint density at radius 2 is 2.00 bits per heavy atom. The van der Waals surface area contributed by atoms with Crippen LogP contribution in [0.1, 0.15) is 38.5 Å². The predicted molar refractivity (Wildman–Crippen MR) is 63.0 cm³/mol. The van der Waals surface area contributed by atoms with Crippen LogP contribution in [0.4, 0.5) is 0 Å². The van der Waals surface area contributed by atoms with Crippen molar-refractivity contribution in [2.45, 2.75) is 44.6 Å². The van der Waals surface area contributed by atoms with E-state index in [2.05, 4.69) is 10.6 Å². The summed E-state index contributed by atoms with van der Waals surface area (Å²) >= 11 is 0. The Bertz CT molecular complexity index is 273. The van der Waals surface area contributed by atoms with E-state index < -0.39 is 0 Å². The van der Waals surface area contributed by atoms with Crippen LogP contribution in [-0.4, -0.2) is 25.0 Å². The third kappa shape index (κ3) is 2.10. The van der Waals surface area contributed by atoms with Gasteiger partial charge in [-0.3, -0.25) is 4.79 Å². The molecule has 3 fully saturated rings. The van der Waals surface area contributed by atoms with Crippen LogP contribution in [0.2, 0.25) is 0 Å². The normalized spacial score (nSPS) is 38.9. The van der Waals surface area contributed by atoms with Crippen molar-refractivity contribution in [3.63, 3.8) is 0 Å². The SMILES string of the molecule is O=C(NC1CCCC2CNCCC21)C1CC1. The van der Waals surface area contributed by atoms with E-state index in [-0.39, 0.29) is 0 Å². The van der Waals surface area contributed by atoms with Gasteiger partial charge in [-0.1, -0.05) is 6.42 Å². The molecule has 1 aliphatic heterocycles. The van der Waals surface area contributed by atoms with Gasteiger partial charge in [0.1, 0.15) is 0 Å². The van der Waals surface area contributed by atoms with E-state index in [1.54, 1.807) is 0 Å². The van der Waals surface area contributed by atoms with Crippen LogP contribution in [0.3, 0.4) is 0 Å². The molecule has 1 heterocycles. The summed E-state index contributed by atoms with van der Waals surface area (Å²) in [6, 6.07) is 0.481. The lowest BCUT2D eigenvalue weighted by atomic mass is 9.72. The van der Waals surface area contributed by atoms with Crippen molar-refractivity contribution in [3.05, 3.63) is 0 Å². The van der Waals surface area contributed by atoms with Crippen molar-refractivity contribution in [2.24, 2.45) is 17.8 Å². The highest BCUT2D eigenvalue weighted by molar-refractivity contribution is 5.81. The summed E-state index contributed by atoms with van der Waals surface area (Å²) < 4.78 is 0. The van der Waals surface area contributed by atoms with Gasteiger partial charge in [0.2, 0.25) is 5.91 Å². The fourth-order valence-electron chi connectivity index (χ4n) is 3.43. The smallest absolute Gasteiger partial charge is 0.223 e. The zero-order chi connectivity index (χ0) is 11.0. The number of piperidine rings is 1. The Balaban J connectivity index is 1.61. The monoisotopic (exact) mass is 222 g/mol. The lowest BCUT2D eigenvalue weighted by molar-refractivity contribution is -0.124. The summed E-state index contributed by atoms with van der Waals surface area (Å²) in [6.07, 6.45) is 7.34. The molecule has 2 N–H and O–H groups in total. The van der Waals surface area contributed by atoms with Gasteiger partial charge >= 0.3 is 0 Å². The zero-order valence-electron chi connectivity index (χ0n) is 9.87. The number of hydrogen-bond acceptors (Lipinski definition) is 2. The molecule has 3 rings (SSSR count). The Kier molecular flexibility index (Phi) is 2.88. The van der Waals surface area contributed by atoms with Crippen molar-refractivity contribution in [2.75, 3.05) is 13.1 Å². The lowest BCUT2D eigenvalue weighted by Gasteiger charge is -2.41. The fraction of sp³-hybridized carbons (Fsp3) is 0.923. The highest BCUT2D eigenvalue weighted by Crippen LogP contribution is 2.35. The minimum absolute atomic E-state index is 0.337. The van der Waals surface area contributed by atoms with Gasteiger partial charge in [0.05, 0.1) is 0 Å². The molecule has 0 bridgehead atoms. The molecule has 0 radical (unpaired) electrons. The molecule has 2 saturated carbocycles. The van der Waals surface area contributed by atoms with Crippen LogP contribution in [-0.2, 0) is 4.79 Å². The second kappa shape index (κ2) is 4.36. The molecule has 1 amide bonds. The number of carbonyl (C=O) groups excluding carboxylic acids is 1. The molecular weight excluding hydrogens is 200 g/mol. The van der Waals surface area contributed by atoms with Gasteiger partial charge in [-0.05, 0) is 57.0 Å². The largest absolute Gasteiger partial charge is 0.353 e. The third-order valence-corrected chi connectivity index (χ3v) is 4.55. The van der Waals surface area contributed by atoms with Crippen molar-refractivity contribution >= 4 is 5.91 Å². The molecule has 0 spiro atoms. The van der Waals surface area contributed by atoms with E-state index in [9.17, 15) is 4.79 Å².